The van der Waals surface area contributed by atoms with Crippen molar-refractivity contribution in [2.75, 3.05) is 5.32 Å². The standard InChI is InChI=1S/C19H16BrN7O4/c1-12-16(11-25-7-6-17(23-25)27(29)30)18(24-31-12)19(28)22-15-8-21-26(10-15)9-13-2-4-14(20)5-3-13/h2-8,10H,9,11H2,1H3,(H,22,28). The summed E-state index contributed by atoms with van der Waals surface area (Å²) in [7, 11) is 0. The summed E-state index contributed by atoms with van der Waals surface area (Å²) in [5.41, 5.74) is 2.13. The number of carbonyl (C=O) groups is 1. The van der Waals surface area contributed by atoms with Crippen LogP contribution in [-0.2, 0) is 13.1 Å². The summed E-state index contributed by atoms with van der Waals surface area (Å²) in [6.45, 7) is 2.32. The second kappa shape index (κ2) is 8.52. The molecule has 0 radical (unpaired) electrons. The number of anilines is 1. The average Bonchev–Trinajstić information content (AvgIpc) is 3.46. The number of amides is 1. The minimum Gasteiger partial charge on any atom is -0.361 e. The monoisotopic (exact) mass is 485 g/mol. The number of aromatic nitrogens is 5. The first-order chi connectivity index (χ1) is 14.9. The third kappa shape index (κ3) is 4.69. The van der Waals surface area contributed by atoms with Crippen LogP contribution < -0.4 is 5.32 Å². The van der Waals surface area contributed by atoms with Crippen LogP contribution in [0.15, 0.2) is 57.9 Å². The molecule has 0 unspecified atom stereocenters. The number of halogens is 1. The van der Waals surface area contributed by atoms with Crippen LogP contribution in [0, 0.1) is 17.0 Å². The van der Waals surface area contributed by atoms with Crippen LogP contribution in [0.4, 0.5) is 11.5 Å². The van der Waals surface area contributed by atoms with Crippen molar-refractivity contribution in [2.24, 2.45) is 0 Å². The maximum Gasteiger partial charge on any atom is 0.389 e. The first-order valence-electron chi connectivity index (χ1n) is 9.10. The largest absolute Gasteiger partial charge is 0.389 e. The van der Waals surface area contributed by atoms with Crippen LogP contribution >= 0.6 is 15.9 Å². The Morgan fingerprint density at radius 2 is 2.00 bits per heavy atom. The SMILES string of the molecule is Cc1onc(C(=O)Nc2cnn(Cc3ccc(Br)cc3)c2)c1Cn1ccc([N+](=O)[O-])n1. The lowest BCUT2D eigenvalue weighted by molar-refractivity contribution is -0.389. The normalized spacial score (nSPS) is 10.9. The van der Waals surface area contributed by atoms with Gasteiger partial charge in [-0.05, 0) is 29.5 Å². The molecule has 11 nitrogen and oxygen atoms in total. The molecule has 0 aliphatic carbocycles. The predicted molar refractivity (Wildman–Crippen MR) is 113 cm³/mol. The van der Waals surface area contributed by atoms with E-state index < -0.39 is 10.8 Å². The third-order valence-corrected chi connectivity index (χ3v) is 5.01. The topological polar surface area (TPSA) is 134 Å². The molecular formula is C19H16BrN7O4. The molecule has 12 heteroatoms. The maximum absolute atomic E-state index is 12.7. The molecule has 0 saturated heterocycles. The highest BCUT2D eigenvalue weighted by Crippen LogP contribution is 2.18. The molecule has 0 fully saturated rings. The smallest absolute Gasteiger partial charge is 0.361 e. The van der Waals surface area contributed by atoms with Crippen LogP contribution in [0.1, 0.15) is 27.4 Å². The zero-order valence-electron chi connectivity index (χ0n) is 16.2. The van der Waals surface area contributed by atoms with E-state index in [9.17, 15) is 14.9 Å². The summed E-state index contributed by atoms with van der Waals surface area (Å²) in [6.07, 6.45) is 4.71. The number of nitrogens with zero attached hydrogens (tertiary/aromatic N) is 6. The lowest BCUT2D eigenvalue weighted by Gasteiger charge is -2.03. The molecule has 0 bridgehead atoms. The zero-order valence-corrected chi connectivity index (χ0v) is 17.8. The Morgan fingerprint density at radius 1 is 1.23 bits per heavy atom. The zero-order chi connectivity index (χ0) is 22.0. The van der Waals surface area contributed by atoms with Gasteiger partial charge in [-0.2, -0.15) is 9.78 Å². The fourth-order valence-corrected chi connectivity index (χ4v) is 3.20. The molecule has 0 aliphatic rings. The van der Waals surface area contributed by atoms with Crippen molar-refractivity contribution in [1.82, 2.24) is 24.7 Å². The van der Waals surface area contributed by atoms with E-state index in [-0.39, 0.29) is 18.1 Å². The minimum absolute atomic E-state index is 0.0799. The molecule has 0 aliphatic heterocycles. The molecule has 4 aromatic rings. The number of hydrogen-bond donors (Lipinski definition) is 1. The third-order valence-electron chi connectivity index (χ3n) is 4.48. The summed E-state index contributed by atoms with van der Waals surface area (Å²) in [5.74, 6) is -0.329. The molecule has 158 valence electrons. The van der Waals surface area contributed by atoms with Crippen molar-refractivity contribution >= 4 is 33.3 Å². The highest BCUT2D eigenvalue weighted by atomic mass is 79.9. The van der Waals surface area contributed by atoms with Gasteiger partial charge in [0.2, 0.25) is 0 Å². The van der Waals surface area contributed by atoms with Crippen LogP contribution in [0.3, 0.4) is 0 Å². The number of hydrogen-bond acceptors (Lipinski definition) is 7. The number of aryl methyl sites for hydroxylation is 1. The van der Waals surface area contributed by atoms with Crippen LogP contribution in [0.25, 0.3) is 0 Å². The van der Waals surface area contributed by atoms with E-state index in [4.69, 9.17) is 4.52 Å². The Hall–Kier alpha value is -3.80. The van der Waals surface area contributed by atoms with E-state index in [0.717, 1.165) is 10.0 Å². The number of rotatable bonds is 7. The Morgan fingerprint density at radius 3 is 2.71 bits per heavy atom. The molecule has 1 N–H and O–H groups in total. The molecule has 0 saturated carbocycles. The number of nitro groups is 1. The van der Waals surface area contributed by atoms with E-state index in [0.29, 0.717) is 23.6 Å². The van der Waals surface area contributed by atoms with E-state index in [1.807, 2.05) is 24.3 Å². The lowest BCUT2D eigenvalue weighted by Crippen LogP contribution is -2.15. The summed E-state index contributed by atoms with van der Waals surface area (Å²) in [4.78, 5) is 23.0. The van der Waals surface area contributed by atoms with Gasteiger partial charge in [-0.15, -0.1) is 0 Å². The van der Waals surface area contributed by atoms with Gasteiger partial charge in [0.1, 0.15) is 5.76 Å². The number of benzene rings is 1. The molecule has 0 atom stereocenters. The second-order valence-corrected chi connectivity index (χ2v) is 7.62. The van der Waals surface area contributed by atoms with Gasteiger partial charge in [-0.25, -0.2) is 0 Å². The minimum atomic E-state index is -0.587. The van der Waals surface area contributed by atoms with E-state index in [2.05, 4.69) is 36.6 Å². The summed E-state index contributed by atoms with van der Waals surface area (Å²) in [5, 5.41) is 25.5. The van der Waals surface area contributed by atoms with Crippen molar-refractivity contribution in [1.29, 1.82) is 0 Å². The van der Waals surface area contributed by atoms with Gasteiger partial charge in [0.05, 0.1) is 47.9 Å². The van der Waals surface area contributed by atoms with Gasteiger partial charge >= 0.3 is 5.82 Å². The van der Waals surface area contributed by atoms with E-state index in [1.54, 1.807) is 24.0 Å². The van der Waals surface area contributed by atoms with Crippen molar-refractivity contribution in [3.8, 4) is 0 Å². The Labute approximate surface area is 183 Å². The van der Waals surface area contributed by atoms with Gasteiger partial charge in [0.25, 0.3) is 5.91 Å². The second-order valence-electron chi connectivity index (χ2n) is 6.70. The van der Waals surface area contributed by atoms with Crippen LogP contribution in [0.5, 0.6) is 0 Å². The molecule has 4 rings (SSSR count). The van der Waals surface area contributed by atoms with Crippen molar-refractivity contribution in [2.45, 2.75) is 20.0 Å². The average molecular weight is 486 g/mol. The van der Waals surface area contributed by atoms with Gasteiger partial charge in [0, 0.05) is 10.7 Å². The highest BCUT2D eigenvalue weighted by molar-refractivity contribution is 9.10. The van der Waals surface area contributed by atoms with Crippen molar-refractivity contribution < 1.29 is 14.2 Å². The fraction of sp³-hybridized carbons (Fsp3) is 0.158. The van der Waals surface area contributed by atoms with Gasteiger partial charge in [-0.1, -0.05) is 33.2 Å². The maximum atomic E-state index is 12.7. The van der Waals surface area contributed by atoms with Gasteiger partial charge in [0.15, 0.2) is 5.69 Å². The summed E-state index contributed by atoms with van der Waals surface area (Å²) in [6, 6.07) is 9.14. The quantitative estimate of drug-likeness (QED) is 0.313. The Bertz CT molecular complexity index is 1240. The lowest BCUT2D eigenvalue weighted by atomic mass is 10.2. The fourth-order valence-electron chi connectivity index (χ4n) is 2.94. The predicted octanol–water partition coefficient (Wildman–Crippen LogP) is 3.40. The molecule has 3 aromatic heterocycles. The highest BCUT2D eigenvalue weighted by Gasteiger charge is 2.22. The van der Waals surface area contributed by atoms with Gasteiger partial charge < -0.3 is 20.0 Å². The van der Waals surface area contributed by atoms with Crippen molar-refractivity contribution in [3.63, 3.8) is 0 Å². The van der Waals surface area contributed by atoms with Gasteiger partial charge in [-0.3, -0.25) is 9.48 Å². The van der Waals surface area contributed by atoms with E-state index in [1.165, 1.54) is 16.9 Å². The molecule has 1 aromatic carbocycles. The molecule has 1 amide bonds. The van der Waals surface area contributed by atoms with Crippen LogP contribution in [0.2, 0.25) is 0 Å². The number of nitrogens with one attached hydrogen (secondary N) is 1. The molecule has 3 heterocycles. The number of carbonyl (C=O) groups excluding carboxylic acids is 1. The van der Waals surface area contributed by atoms with E-state index >= 15 is 0 Å². The molecule has 0 spiro atoms. The Kier molecular flexibility index (Phi) is 5.62. The first-order valence-corrected chi connectivity index (χ1v) is 9.89. The van der Waals surface area contributed by atoms with Crippen molar-refractivity contribution in [3.05, 3.63) is 86.1 Å². The summed E-state index contributed by atoms with van der Waals surface area (Å²) < 4.78 is 9.21. The summed E-state index contributed by atoms with van der Waals surface area (Å²) >= 11 is 3.40. The Balaban J connectivity index is 1.46. The molecular weight excluding hydrogens is 470 g/mol. The molecule has 31 heavy (non-hydrogen) atoms. The van der Waals surface area contributed by atoms with Crippen LogP contribution in [-0.4, -0.2) is 35.5 Å². The first kappa shape index (κ1) is 20.5.